The summed E-state index contributed by atoms with van der Waals surface area (Å²) >= 11 is 0. The molecule has 2 N–H and O–H groups in total. The van der Waals surface area contributed by atoms with Gasteiger partial charge in [0.1, 0.15) is 5.75 Å². The molecule has 140 valence electrons. The summed E-state index contributed by atoms with van der Waals surface area (Å²) in [7, 11) is -3.62. The van der Waals surface area contributed by atoms with Crippen LogP contribution in [0.4, 0.5) is 5.69 Å². The van der Waals surface area contributed by atoms with Crippen molar-refractivity contribution in [1.29, 1.82) is 0 Å². The van der Waals surface area contributed by atoms with E-state index in [1.54, 1.807) is 36.4 Å². The highest BCUT2D eigenvalue weighted by Gasteiger charge is 2.15. The molecule has 0 fully saturated rings. The summed E-state index contributed by atoms with van der Waals surface area (Å²) in [6, 6.07) is 13.0. The van der Waals surface area contributed by atoms with Crippen LogP contribution in [-0.4, -0.2) is 27.0 Å². The average Bonchev–Trinajstić information content (AvgIpc) is 2.61. The smallest absolute Gasteiger partial charge is 0.255 e. The van der Waals surface area contributed by atoms with E-state index < -0.39 is 10.0 Å². The van der Waals surface area contributed by atoms with Gasteiger partial charge in [0.25, 0.3) is 5.91 Å². The molecule has 0 aliphatic carbocycles. The Labute approximate surface area is 154 Å². The largest absolute Gasteiger partial charge is 0.491 e. The lowest BCUT2D eigenvalue weighted by atomic mass is 10.2. The van der Waals surface area contributed by atoms with Crippen LogP contribution >= 0.6 is 0 Å². The molecule has 2 aromatic carbocycles. The molecule has 0 spiro atoms. The number of hydrogen-bond donors (Lipinski definition) is 2. The Morgan fingerprint density at radius 3 is 2.42 bits per heavy atom. The van der Waals surface area contributed by atoms with E-state index in [2.05, 4.69) is 10.0 Å². The molecular formula is C19H24N2O4S. The Balaban J connectivity index is 2.11. The minimum absolute atomic E-state index is 0.0688. The predicted octanol–water partition coefficient (Wildman–Crippen LogP) is 3.41. The molecule has 0 aromatic heterocycles. The van der Waals surface area contributed by atoms with Crippen LogP contribution in [0.2, 0.25) is 0 Å². The number of sulfonamides is 1. The van der Waals surface area contributed by atoms with Crippen molar-refractivity contribution in [2.45, 2.75) is 38.2 Å². The zero-order valence-corrected chi connectivity index (χ0v) is 16.0. The van der Waals surface area contributed by atoms with Gasteiger partial charge in [-0.15, -0.1) is 0 Å². The Morgan fingerprint density at radius 1 is 1.12 bits per heavy atom. The Hall–Kier alpha value is -2.38. The van der Waals surface area contributed by atoms with E-state index in [9.17, 15) is 13.2 Å². The van der Waals surface area contributed by atoms with Gasteiger partial charge in [0, 0.05) is 17.8 Å². The second-order valence-electron chi connectivity index (χ2n) is 6.07. The van der Waals surface area contributed by atoms with E-state index in [-0.39, 0.29) is 22.5 Å². The molecule has 7 heteroatoms. The number of amides is 1. The molecule has 0 bridgehead atoms. The summed E-state index contributed by atoms with van der Waals surface area (Å²) in [6.45, 7) is 6.10. The van der Waals surface area contributed by atoms with E-state index in [0.717, 1.165) is 0 Å². The fourth-order valence-corrected chi connectivity index (χ4v) is 3.40. The number of hydrogen-bond acceptors (Lipinski definition) is 4. The van der Waals surface area contributed by atoms with Crippen LogP contribution in [0.3, 0.4) is 0 Å². The molecular weight excluding hydrogens is 352 g/mol. The summed E-state index contributed by atoms with van der Waals surface area (Å²) in [5.41, 5.74) is 0.871. The summed E-state index contributed by atoms with van der Waals surface area (Å²) in [4.78, 5) is 12.5. The second kappa shape index (κ2) is 8.82. The fraction of sp³-hybridized carbons (Fsp3) is 0.316. The standard InChI is InChI=1S/C19H24N2O4S/c1-4-12-20-26(23,24)18-7-5-6-15(13-18)19(22)21-16-8-10-17(11-9-16)25-14(2)3/h5-11,13-14,20H,4,12H2,1-3H3,(H,21,22). The third-order valence-electron chi connectivity index (χ3n) is 3.43. The van der Waals surface area contributed by atoms with Gasteiger partial charge in [-0.05, 0) is 62.7 Å². The van der Waals surface area contributed by atoms with Crippen LogP contribution < -0.4 is 14.8 Å². The zero-order valence-electron chi connectivity index (χ0n) is 15.2. The monoisotopic (exact) mass is 376 g/mol. The highest BCUT2D eigenvalue weighted by Crippen LogP contribution is 2.18. The lowest BCUT2D eigenvalue weighted by molar-refractivity contribution is 0.102. The molecule has 2 rings (SSSR count). The van der Waals surface area contributed by atoms with Gasteiger partial charge in [-0.1, -0.05) is 13.0 Å². The van der Waals surface area contributed by atoms with Gasteiger partial charge in [-0.2, -0.15) is 0 Å². The first-order valence-electron chi connectivity index (χ1n) is 8.49. The van der Waals surface area contributed by atoms with Gasteiger partial charge in [-0.25, -0.2) is 13.1 Å². The molecule has 0 unspecified atom stereocenters. The normalized spacial score (nSPS) is 11.4. The van der Waals surface area contributed by atoms with Crippen molar-refractivity contribution >= 4 is 21.6 Å². The number of benzene rings is 2. The second-order valence-corrected chi connectivity index (χ2v) is 7.84. The topological polar surface area (TPSA) is 84.5 Å². The maximum atomic E-state index is 12.4. The zero-order chi connectivity index (χ0) is 19.2. The van der Waals surface area contributed by atoms with Crippen molar-refractivity contribution in [3.05, 3.63) is 54.1 Å². The fourth-order valence-electron chi connectivity index (χ4n) is 2.22. The van der Waals surface area contributed by atoms with Crippen molar-refractivity contribution in [3.8, 4) is 5.75 Å². The number of carbonyl (C=O) groups excluding carboxylic acids is 1. The van der Waals surface area contributed by atoms with Crippen LogP contribution in [0.15, 0.2) is 53.4 Å². The maximum Gasteiger partial charge on any atom is 0.255 e. The van der Waals surface area contributed by atoms with Gasteiger partial charge in [0.2, 0.25) is 10.0 Å². The maximum absolute atomic E-state index is 12.4. The van der Waals surface area contributed by atoms with E-state index in [1.165, 1.54) is 12.1 Å². The number of anilines is 1. The first-order valence-corrected chi connectivity index (χ1v) is 9.98. The van der Waals surface area contributed by atoms with Crippen LogP contribution in [-0.2, 0) is 10.0 Å². The van der Waals surface area contributed by atoms with Crippen molar-refractivity contribution in [2.75, 3.05) is 11.9 Å². The van der Waals surface area contributed by atoms with E-state index in [4.69, 9.17) is 4.74 Å². The minimum Gasteiger partial charge on any atom is -0.491 e. The van der Waals surface area contributed by atoms with Crippen LogP contribution in [0.25, 0.3) is 0 Å². The Morgan fingerprint density at radius 2 is 1.81 bits per heavy atom. The first-order chi connectivity index (χ1) is 12.3. The number of rotatable bonds is 8. The average molecular weight is 376 g/mol. The van der Waals surface area contributed by atoms with Crippen molar-refractivity contribution < 1.29 is 17.9 Å². The molecule has 0 atom stereocenters. The lowest BCUT2D eigenvalue weighted by Crippen LogP contribution is -2.24. The molecule has 6 nitrogen and oxygen atoms in total. The molecule has 0 radical (unpaired) electrons. The minimum atomic E-state index is -3.62. The van der Waals surface area contributed by atoms with Gasteiger partial charge < -0.3 is 10.1 Å². The number of carbonyl (C=O) groups is 1. The Kier molecular flexibility index (Phi) is 6.76. The lowest BCUT2D eigenvalue weighted by Gasteiger charge is -2.11. The third kappa shape index (κ3) is 5.57. The van der Waals surface area contributed by atoms with Crippen molar-refractivity contribution in [1.82, 2.24) is 4.72 Å². The SMILES string of the molecule is CCCNS(=O)(=O)c1cccc(C(=O)Nc2ccc(OC(C)C)cc2)c1. The molecule has 1 amide bonds. The Bertz CT molecular complexity index is 846. The quantitative estimate of drug-likeness (QED) is 0.739. The summed E-state index contributed by atoms with van der Waals surface area (Å²) < 4.78 is 32.4. The molecule has 0 saturated heterocycles. The van der Waals surface area contributed by atoms with Crippen LogP contribution in [0.5, 0.6) is 5.75 Å². The molecule has 26 heavy (non-hydrogen) atoms. The number of ether oxygens (including phenoxy) is 1. The van der Waals surface area contributed by atoms with Crippen molar-refractivity contribution in [3.63, 3.8) is 0 Å². The van der Waals surface area contributed by atoms with Gasteiger partial charge in [-0.3, -0.25) is 4.79 Å². The van der Waals surface area contributed by atoms with E-state index in [1.807, 2.05) is 20.8 Å². The van der Waals surface area contributed by atoms with Gasteiger partial charge >= 0.3 is 0 Å². The summed E-state index contributed by atoms with van der Waals surface area (Å²) in [6.07, 6.45) is 0.761. The van der Waals surface area contributed by atoms with Gasteiger partial charge in [0.15, 0.2) is 0 Å². The van der Waals surface area contributed by atoms with E-state index >= 15 is 0 Å². The molecule has 0 saturated carbocycles. The van der Waals surface area contributed by atoms with E-state index in [0.29, 0.717) is 24.4 Å². The predicted molar refractivity (Wildman–Crippen MR) is 102 cm³/mol. The molecule has 2 aromatic rings. The summed E-state index contributed by atoms with van der Waals surface area (Å²) in [5.74, 6) is 0.336. The molecule has 0 aliphatic rings. The highest BCUT2D eigenvalue weighted by molar-refractivity contribution is 7.89. The molecule has 0 aliphatic heterocycles. The first kappa shape index (κ1) is 19.9. The molecule has 0 heterocycles. The van der Waals surface area contributed by atoms with Crippen LogP contribution in [0.1, 0.15) is 37.6 Å². The third-order valence-corrected chi connectivity index (χ3v) is 4.89. The highest BCUT2D eigenvalue weighted by atomic mass is 32.2. The van der Waals surface area contributed by atoms with Crippen molar-refractivity contribution in [2.24, 2.45) is 0 Å². The summed E-state index contributed by atoms with van der Waals surface area (Å²) in [5, 5.41) is 2.75. The van der Waals surface area contributed by atoms with Gasteiger partial charge in [0.05, 0.1) is 11.0 Å². The number of nitrogens with one attached hydrogen (secondary N) is 2. The van der Waals surface area contributed by atoms with Crippen LogP contribution in [0, 0.1) is 0 Å².